The highest BCUT2D eigenvalue weighted by Crippen LogP contribution is 2.29. The van der Waals surface area contributed by atoms with Gasteiger partial charge < -0.3 is 14.5 Å². The average Bonchev–Trinajstić information content (AvgIpc) is 2.61. The van der Waals surface area contributed by atoms with Crippen LogP contribution >= 0.6 is 0 Å². The van der Waals surface area contributed by atoms with Crippen molar-refractivity contribution in [3.05, 3.63) is 35.1 Å². The summed E-state index contributed by atoms with van der Waals surface area (Å²) in [5.74, 6) is 0.588. The molecule has 2 amide bonds. The number of rotatable bonds is 3. The molecule has 146 valence electrons. The van der Waals surface area contributed by atoms with Crippen LogP contribution in [0.3, 0.4) is 0 Å². The SMILES string of the molecule is Cc1ccc(CCC2CN(C(=O)N3CC[C@@H]4OCC(=O)C[C@@H]4C3)C2)c(F)c1. The number of likely N-dealkylation sites (tertiary alicyclic amines) is 2. The number of benzene rings is 1. The van der Waals surface area contributed by atoms with Gasteiger partial charge in [0.25, 0.3) is 0 Å². The van der Waals surface area contributed by atoms with E-state index in [-0.39, 0.29) is 36.3 Å². The Morgan fingerprint density at radius 1 is 1.26 bits per heavy atom. The molecule has 3 fully saturated rings. The van der Waals surface area contributed by atoms with Crippen LogP contribution in [0.4, 0.5) is 9.18 Å². The molecule has 2 atom stereocenters. The normalized spacial score (nSPS) is 25.9. The third-order valence-electron chi connectivity index (χ3n) is 6.14. The van der Waals surface area contributed by atoms with Crippen LogP contribution in [0, 0.1) is 24.6 Å². The van der Waals surface area contributed by atoms with Gasteiger partial charge in [-0.3, -0.25) is 4.79 Å². The third-order valence-corrected chi connectivity index (χ3v) is 6.14. The Bertz CT molecular complexity index is 732. The van der Waals surface area contributed by atoms with Crippen molar-refractivity contribution in [3.63, 3.8) is 0 Å². The van der Waals surface area contributed by atoms with Gasteiger partial charge in [-0.2, -0.15) is 0 Å². The van der Waals surface area contributed by atoms with E-state index in [1.165, 1.54) is 0 Å². The van der Waals surface area contributed by atoms with Gasteiger partial charge in [-0.25, -0.2) is 9.18 Å². The molecule has 6 heteroatoms. The lowest BCUT2D eigenvalue weighted by Crippen LogP contribution is -2.58. The number of carbonyl (C=O) groups is 2. The predicted molar refractivity (Wildman–Crippen MR) is 99.0 cm³/mol. The summed E-state index contributed by atoms with van der Waals surface area (Å²) in [6.07, 6.45) is 3.08. The monoisotopic (exact) mass is 374 g/mol. The molecule has 3 aliphatic rings. The second kappa shape index (κ2) is 7.58. The molecular weight excluding hydrogens is 347 g/mol. The number of halogens is 1. The number of amides is 2. The van der Waals surface area contributed by atoms with Crippen molar-refractivity contribution in [1.82, 2.24) is 9.80 Å². The smallest absolute Gasteiger partial charge is 0.320 e. The van der Waals surface area contributed by atoms with E-state index in [2.05, 4.69) is 0 Å². The molecule has 3 aliphatic heterocycles. The van der Waals surface area contributed by atoms with Crippen molar-refractivity contribution in [2.75, 3.05) is 32.8 Å². The van der Waals surface area contributed by atoms with Crippen molar-refractivity contribution in [3.8, 4) is 0 Å². The minimum absolute atomic E-state index is 0.0734. The zero-order valence-corrected chi connectivity index (χ0v) is 15.8. The fourth-order valence-electron chi connectivity index (χ4n) is 4.47. The molecule has 3 heterocycles. The summed E-state index contributed by atoms with van der Waals surface area (Å²) in [6.45, 7) is 4.92. The van der Waals surface area contributed by atoms with Gasteiger partial charge in [0.1, 0.15) is 12.4 Å². The van der Waals surface area contributed by atoms with Crippen LogP contribution in [0.2, 0.25) is 0 Å². The molecule has 0 spiro atoms. The lowest BCUT2D eigenvalue weighted by atomic mass is 9.88. The maximum Gasteiger partial charge on any atom is 0.320 e. The average molecular weight is 374 g/mol. The summed E-state index contributed by atoms with van der Waals surface area (Å²) >= 11 is 0. The fourth-order valence-corrected chi connectivity index (χ4v) is 4.47. The van der Waals surface area contributed by atoms with Crippen molar-refractivity contribution in [2.24, 2.45) is 11.8 Å². The Kier molecular flexibility index (Phi) is 5.17. The first kappa shape index (κ1) is 18.4. The quantitative estimate of drug-likeness (QED) is 0.818. The third kappa shape index (κ3) is 4.00. The summed E-state index contributed by atoms with van der Waals surface area (Å²) in [6, 6.07) is 5.46. The van der Waals surface area contributed by atoms with Gasteiger partial charge in [0, 0.05) is 38.5 Å². The molecule has 1 aromatic carbocycles. The van der Waals surface area contributed by atoms with Crippen LogP contribution < -0.4 is 0 Å². The van der Waals surface area contributed by atoms with Crippen molar-refractivity contribution < 1.29 is 18.7 Å². The van der Waals surface area contributed by atoms with E-state index in [1.807, 2.05) is 28.9 Å². The van der Waals surface area contributed by atoms with Crippen molar-refractivity contribution in [2.45, 2.75) is 38.7 Å². The highest BCUT2D eigenvalue weighted by atomic mass is 19.1. The minimum Gasteiger partial charge on any atom is -0.370 e. The molecule has 0 unspecified atom stereocenters. The first-order valence-corrected chi connectivity index (χ1v) is 9.92. The number of hydrogen-bond donors (Lipinski definition) is 0. The molecule has 0 saturated carbocycles. The largest absolute Gasteiger partial charge is 0.370 e. The maximum atomic E-state index is 13.9. The van der Waals surface area contributed by atoms with Crippen LogP contribution in [0.15, 0.2) is 18.2 Å². The summed E-state index contributed by atoms with van der Waals surface area (Å²) in [4.78, 5) is 28.1. The van der Waals surface area contributed by atoms with Crippen LogP contribution in [0.25, 0.3) is 0 Å². The fraction of sp³-hybridized carbons (Fsp3) is 0.619. The number of urea groups is 1. The Hall–Kier alpha value is -1.95. The molecule has 4 rings (SSSR count). The molecule has 0 bridgehead atoms. The van der Waals surface area contributed by atoms with E-state index >= 15 is 0 Å². The number of aryl methyl sites for hydroxylation is 2. The zero-order chi connectivity index (χ0) is 19.0. The van der Waals surface area contributed by atoms with Gasteiger partial charge in [-0.15, -0.1) is 0 Å². The summed E-state index contributed by atoms with van der Waals surface area (Å²) < 4.78 is 19.5. The summed E-state index contributed by atoms with van der Waals surface area (Å²) in [5.41, 5.74) is 1.69. The van der Waals surface area contributed by atoms with E-state index in [4.69, 9.17) is 4.74 Å². The van der Waals surface area contributed by atoms with Gasteiger partial charge in [-0.05, 0) is 49.3 Å². The number of ketones is 1. The molecule has 27 heavy (non-hydrogen) atoms. The van der Waals surface area contributed by atoms with Gasteiger partial charge in [0.2, 0.25) is 0 Å². The highest BCUT2D eigenvalue weighted by molar-refractivity contribution is 5.81. The van der Waals surface area contributed by atoms with E-state index in [0.717, 1.165) is 37.1 Å². The molecule has 0 aliphatic carbocycles. The summed E-state index contributed by atoms with van der Waals surface area (Å²) in [7, 11) is 0. The van der Waals surface area contributed by atoms with Crippen LogP contribution in [-0.2, 0) is 16.0 Å². The van der Waals surface area contributed by atoms with Crippen LogP contribution in [0.5, 0.6) is 0 Å². The lowest BCUT2D eigenvalue weighted by Gasteiger charge is -2.46. The number of ether oxygens (including phenoxy) is 1. The Labute approximate surface area is 159 Å². The Morgan fingerprint density at radius 2 is 2.07 bits per heavy atom. The first-order valence-electron chi connectivity index (χ1n) is 9.92. The molecule has 0 aromatic heterocycles. The number of hydrogen-bond acceptors (Lipinski definition) is 3. The second-order valence-corrected chi connectivity index (χ2v) is 8.27. The van der Waals surface area contributed by atoms with Gasteiger partial charge in [0.05, 0.1) is 6.10 Å². The zero-order valence-electron chi connectivity index (χ0n) is 15.8. The van der Waals surface area contributed by atoms with Crippen molar-refractivity contribution in [1.29, 1.82) is 0 Å². The lowest BCUT2D eigenvalue weighted by molar-refractivity contribution is -0.140. The van der Waals surface area contributed by atoms with E-state index in [9.17, 15) is 14.0 Å². The standard InChI is InChI=1S/C21H27FN2O3/c1-14-2-4-16(19(22)8-14)5-3-15-10-24(11-15)21(26)23-7-6-20-17(12-23)9-18(25)13-27-20/h2,4,8,15,17,20H,3,5-7,9-13H2,1H3/t17-,20+/m1/s1. The molecule has 0 N–H and O–H groups in total. The van der Waals surface area contributed by atoms with Crippen LogP contribution in [-0.4, -0.2) is 60.5 Å². The van der Waals surface area contributed by atoms with E-state index < -0.39 is 0 Å². The second-order valence-electron chi connectivity index (χ2n) is 8.27. The maximum absolute atomic E-state index is 13.9. The number of Topliss-reactive ketones (excluding diaryl/α,β-unsaturated/α-hetero) is 1. The Morgan fingerprint density at radius 3 is 2.85 bits per heavy atom. The molecule has 5 nitrogen and oxygen atoms in total. The molecule has 0 radical (unpaired) electrons. The number of nitrogens with zero attached hydrogens (tertiary/aromatic N) is 2. The highest BCUT2D eigenvalue weighted by Gasteiger charge is 2.39. The number of carbonyl (C=O) groups excluding carboxylic acids is 2. The van der Waals surface area contributed by atoms with Gasteiger partial charge in [0.15, 0.2) is 5.78 Å². The van der Waals surface area contributed by atoms with E-state index in [1.54, 1.807) is 6.07 Å². The van der Waals surface area contributed by atoms with E-state index in [0.29, 0.717) is 31.8 Å². The number of fused-ring (bicyclic) bond motifs is 1. The predicted octanol–water partition coefficient (Wildman–Crippen LogP) is 2.80. The van der Waals surface area contributed by atoms with Gasteiger partial charge >= 0.3 is 6.03 Å². The van der Waals surface area contributed by atoms with Crippen molar-refractivity contribution >= 4 is 11.8 Å². The number of piperidine rings is 1. The summed E-state index contributed by atoms with van der Waals surface area (Å²) in [5, 5.41) is 0. The molecule has 3 saturated heterocycles. The topological polar surface area (TPSA) is 49.9 Å². The minimum atomic E-state index is -0.130. The Balaban J connectivity index is 1.23. The molecular formula is C21H27FN2O3. The first-order chi connectivity index (χ1) is 13.0. The molecule has 1 aromatic rings. The van der Waals surface area contributed by atoms with Gasteiger partial charge in [-0.1, -0.05) is 12.1 Å². The van der Waals surface area contributed by atoms with Crippen LogP contribution in [0.1, 0.15) is 30.4 Å².